The van der Waals surface area contributed by atoms with E-state index in [4.69, 9.17) is 5.11 Å². The van der Waals surface area contributed by atoms with Crippen LogP contribution in [0.4, 0.5) is 0 Å². The summed E-state index contributed by atoms with van der Waals surface area (Å²) in [6.07, 6.45) is 5.30. The molecule has 1 aliphatic rings. The van der Waals surface area contributed by atoms with Crippen LogP contribution in [-0.2, 0) is 10.3 Å². The van der Waals surface area contributed by atoms with E-state index in [1.165, 1.54) is 5.56 Å². The van der Waals surface area contributed by atoms with E-state index >= 15 is 0 Å². The second-order valence-electron chi connectivity index (χ2n) is 5.03. The number of aliphatic hydroxyl groups excluding tert-OH is 1. The van der Waals surface area contributed by atoms with E-state index in [2.05, 4.69) is 17.4 Å². The smallest absolute Gasteiger partial charge is 0.220 e. The summed E-state index contributed by atoms with van der Waals surface area (Å²) >= 11 is 0. The molecule has 0 atom stereocenters. The van der Waals surface area contributed by atoms with Gasteiger partial charge in [-0.15, -0.1) is 0 Å². The Morgan fingerprint density at radius 2 is 1.89 bits per heavy atom. The van der Waals surface area contributed by atoms with Gasteiger partial charge in [0.15, 0.2) is 0 Å². The second kappa shape index (κ2) is 6.01. The van der Waals surface area contributed by atoms with Crippen molar-refractivity contribution >= 4 is 5.91 Å². The van der Waals surface area contributed by atoms with Crippen molar-refractivity contribution < 1.29 is 9.90 Å². The Hall–Kier alpha value is -1.35. The molecule has 2 N–H and O–H groups in total. The van der Waals surface area contributed by atoms with Crippen molar-refractivity contribution in [1.82, 2.24) is 5.32 Å². The average molecular weight is 247 g/mol. The highest BCUT2D eigenvalue weighted by Gasteiger charge is 2.36. The zero-order chi connectivity index (χ0) is 12.8. The van der Waals surface area contributed by atoms with Crippen LogP contribution in [0.2, 0.25) is 0 Å². The van der Waals surface area contributed by atoms with Crippen LogP contribution in [0, 0.1) is 0 Å². The molecule has 0 bridgehead atoms. The Balaban J connectivity index is 2.10. The molecule has 3 nitrogen and oxygen atoms in total. The lowest BCUT2D eigenvalue weighted by atomic mass is 9.88. The fraction of sp³-hybridized carbons (Fsp3) is 0.533. The molecule has 0 radical (unpaired) electrons. The van der Waals surface area contributed by atoms with Gasteiger partial charge in [0.2, 0.25) is 5.91 Å². The number of hydrogen-bond acceptors (Lipinski definition) is 2. The van der Waals surface area contributed by atoms with Crippen LogP contribution < -0.4 is 5.32 Å². The van der Waals surface area contributed by atoms with Gasteiger partial charge in [-0.2, -0.15) is 0 Å². The molecule has 1 aromatic carbocycles. The molecule has 0 saturated heterocycles. The number of carbonyl (C=O) groups is 1. The van der Waals surface area contributed by atoms with E-state index in [0.717, 1.165) is 25.7 Å². The molecule has 0 heterocycles. The van der Waals surface area contributed by atoms with E-state index < -0.39 is 0 Å². The summed E-state index contributed by atoms with van der Waals surface area (Å²) in [5.41, 5.74) is 1.04. The summed E-state index contributed by atoms with van der Waals surface area (Å²) in [6, 6.07) is 10.2. The molecule has 1 saturated carbocycles. The van der Waals surface area contributed by atoms with E-state index in [1.807, 2.05) is 18.2 Å². The van der Waals surface area contributed by atoms with Crippen LogP contribution in [0.1, 0.15) is 44.1 Å². The fourth-order valence-corrected chi connectivity index (χ4v) is 2.79. The summed E-state index contributed by atoms with van der Waals surface area (Å²) < 4.78 is 0. The molecule has 1 amide bonds. The standard InChI is InChI=1S/C15H21NO2/c17-12-6-9-14(18)16-15(10-4-5-11-15)13-7-2-1-3-8-13/h1-3,7-8,17H,4-6,9-12H2,(H,16,18). The van der Waals surface area contributed by atoms with Crippen molar-refractivity contribution in [2.24, 2.45) is 0 Å². The molecule has 1 aromatic rings. The number of nitrogens with one attached hydrogen (secondary N) is 1. The first-order chi connectivity index (χ1) is 8.77. The zero-order valence-corrected chi connectivity index (χ0v) is 10.7. The van der Waals surface area contributed by atoms with Crippen molar-refractivity contribution in [3.05, 3.63) is 35.9 Å². The average Bonchev–Trinajstić information content (AvgIpc) is 2.87. The third kappa shape index (κ3) is 2.91. The van der Waals surface area contributed by atoms with Crippen LogP contribution in [0.5, 0.6) is 0 Å². The lowest BCUT2D eigenvalue weighted by Crippen LogP contribution is -2.43. The van der Waals surface area contributed by atoms with Crippen LogP contribution in [-0.4, -0.2) is 17.6 Å². The Morgan fingerprint density at radius 1 is 1.22 bits per heavy atom. The van der Waals surface area contributed by atoms with Gasteiger partial charge in [0, 0.05) is 13.0 Å². The molecule has 3 heteroatoms. The Labute approximate surface area is 108 Å². The minimum atomic E-state index is -0.173. The summed E-state index contributed by atoms with van der Waals surface area (Å²) in [7, 11) is 0. The van der Waals surface area contributed by atoms with E-state index in [-0.39, 0.29) is 18.1 Å². The summed E-state index contributed by atoms with van der Waals surface area (Å²) in [5, 5.41) is 12.0. The third-order valence-electron chi connectivity index (χ3n) is 3.72. The number of amides is 1. The lowest BCUT2D eigenvalue weighted by Gasteiger charge is -2.31. The lowest BCUT2D eigenvalue weighted by molar-refractivity contribution is -0.123. The van der Waals surface area contributed by atoms with Gasteiger partial charge in [-0.25, -0.2) is 0 Å². The van der Waals surface area contributed by atoms with Gasteiger partial charge in [0.25, 0.3) is 0 Å². The normalized spacial score (nSPS) is 17.6. The molecular formula is C15H21NO2. The summed E-state index contributed by atoms with van der Waals surface area (Å²) in [5.74, 6) is 0.0507. The first-order valence-electron chi connectivity index (χ1n) is 6.74. The highest BCUT2D eigenvalue weighted by Crippen LogP contribution is 2.38. The van der Waals surface area contributed by atoms with Crippen LogP contribution in [0.3, 0.4) is 0 Å². The highest BCUT2D eigenvalue weighted by molar-refractivity contribution is 5.77. The Morgan fingerprint density at radius 3 is 2.50 bits per heavy atom. The summed E-state index contributed by atoms with van der Waals surface area (Å²) in [6.45, 7) is 0.0752. The number of carbonyl (C=O) groups excluding carboxylic acids is 1. The van der Waals surface area contributed by atoms with Gasteiger partial charge >= 0.3 is 0 Å². The van der Waals surface area contributed by atoms with Crippen LogP contribution >= 0.6 is 0 Å². The second-order valence-corrected chi connectivity index (χ2v) is 5.03. The van der Waals surface area contributed by atoms with Gasteiger partial charge in [0.1, 0.15) is 0 Å². The summed E-state index contributed by atoms with van der Waals surface area (Å²) in [4.78, 5) is 11.9. The molecule has 1 aliphatic carbocycles. The molecule has 1 fully saturated rings. The minimum absolute atomic E-state index is 0.0507. The predicted molar refractivity (Wildman–Crippen MR) is 71.1 cm³/mol. The first-order valence-corrected chi connectivity index (χ1v) is 6.74. The Bertz CT molecular complexity index is 383. The zero-order valence-electron chi connectivity index (χ0n) is 10.7. The molecule has 18 heavy (non-hydrogen) atoms. The molecule has 98 valence electrons. The van der Waals surface area contributed by atoms with Crippen molar-refractivity contribution in [1.29, 1.82) is 0 Å². The van der Waals surface area contributed by atoms with Crippen LogP contribution in [0.15, 0.2) is 30.3 Å². The molecule has 0 aromatic heterocycles. The monoisotopic (exact) mass is 247 g/mol. The SMILES string of the molecule is O=C(CCCO)NC1(c2ccccc2)CCCC1. The van der Waals surface area contributed by atoms with Gasteiger partial charge in [-0.1, -0.05) is 43.2 Å². The van der Waals surface area contributed by atoms with Crippen molar-refractivity contribution in [2.75, 3.05) is 6.61 Å². The molecular weight excluding hydrogens is 226 g/mol. The maximum absolute atomic E-state index is 11.9. The minimum Gasteiger partial charge on any atom is -0.396 e. The maximum atomic E-state index is 11.9. The Kier molecular flexibility index (Phi) is 4.37. The topological polar surface area (TPSA) is 49.3 Å². The fourth-order valence-electron chi connectivity index (χ4n) is 2.79. The molecule has 0 aliphatic heterocycles. The first kappa shape index (κ1) is 13.1. The largest absolute Gasteiger partial charge is 0.396 e. The highest BCUT2D eigenvalue weighted by atomic mass is 16.3. The van der Waals surface area contributed by atoms with Gasteiger partial charge in [0.05, 0.1) is 5.54 Å². The number of aliphatic hydroxyl groups is 1. The molecule has 2 rings (SSSR count). The number of hydrogen-bond donors (Lipinski definition) is 2. The van der Waals surface area contributed by atoms with Crippen LogP contribution in [0.25, 0.3) is 0 Å². The molecule has 0 spiro atoms. The van der Waals surface area contributed by atoms with E-state index in [9.17, 15) is 4.79 Å². The quantitative estimate of drug-likeness (QED) is 0.839. The van der Waals surface area contributed by atoms with E-state index in [0.29, 0.717) is 12.8 Å². The van der Waals surface area contributed by atoms with Gasteiger partial charge in [-0.05, 0) is 24.8 Å². The van der Waals surface area contributed by atoms with E-state index in [1.54, 1.807) is 0 Å². The predicted octanol–water partition coefficient (Wildman–Crippen LogP) is 2.34. The third-order valence-corrected chi connectivity index (χ3v) is 3.72. The van der Waals surface area contributed by atoms with Gasteiger partial charge < -0.3 is 10.4 Å². The number of rotatable bonds is 5. The van der Waals surface area contributed by atoms with Crippen molar-refractivity contribution in [2.45, 2.75) is 44.1 Å². The van der Waals surface area contributed by atoms with Crippen molar-refractivity contribution in [3.8, 4) is 0 Å². The van der Waals surface area contributed by atoms with Crippen molar-refractivity contribution in [3.63, 3.8) is 0 Å². The maximum Gasteiger partial charge on any atom is 0.220 e. The van der Waals surface area contributed by atoms with Gasteiger partial charge in [-0.3, -0.25) is 4.79 Å². The number of benzene rings is 1. The molecule has 0 unspecified atom stereocenters.